The molecule has 1 atom stereocenters. The van der Waals surface area contributed by atoms with E-state index in [2.05, 4.69) is 106 Å². The Balaban J connectivity index is 4.05. The molecule has 0 rings (SSSR count). The molecule has 0 N–H and O–H groups in total. The maximum absolute atomic E-state index is 12.9. The highest BCUT2D eigenvalue weighted by atomic mass is 16.6. The van der Waals surface area contributed by atoms with E-state index in [9.17, 15) is 14.4 Å². The fraction of sp³-hybridized carbons (Fsp3) is 0.773. The van der Waals surface area contributed by atoms with Crippen LogP contribution >= 0.6 is 0 Å². The lowest BCUT2D eigenvalue weighted by Gasteiger charge is -2.18. The highest BCUT2D eigenvalue weighted by Gasteiger charge is 2.19. The molecule has 0 amide bonds. The number of ether oxygens (including phenoxy) is 3. The van der Waals surface area contributed by atoms with E-state index in [1.807, 2.05) is 0 Å². The van der Waals surface area contributed by atoms with Crippen molar-refractivity contribution in [3.63, 3.8) is 0 Å². The molecule has 6 heteroatoms. The Kier molecular flexibility index (Phi) is 66.2. The largest absolute Gasteiger partial charge is 0.462 e. The van der Waals surface area contributed by atoms with Crippen LogP contribution in [0.25, 0.3) is 0 Å². The van der Waals surface area contributed by atoms with Crippen molar-refractivity contribution in [3.8, 4) is 0 Å². The first kappa shape index (κ1) is 77.6. The van der Waals surface area contributed by atoms with Gasteiger partial charge in [-0.15, -0.1) is 0 Å². The van der Waals surface area contributed by atoms with E-state index in [0.717, 1.165) is 122 Å². The fourth-order valence-electron chi connectivity index (χ4n) is 10.2. The van der Waals surface area contributed by atoms with Crippen LogP contribution in [0.2, 0.25) is 0 Å². The van der Waals surface area contributed by atoms with Crippen LogP contribution in [0.3, 0.4) is 0 Å². The third kappa shape index (κ3) is 67.3. The summed E-state index contributed by atoms with van der Waals surface area (Å²) in [5, 5.41) is 0. The summed E-state index contributed by atoms with van der Waals surface area (Å²) in [5.41, 5.74) is 0. The number of rotatable bonds is 64. The number of hydrogen-bond donors (Lipinski definition) is 0. The van der Waals surface area contributed by atoms with Gasteiger partial charge in [-0.3, -0.25) is 14.4 Å². The van der Waals surface area contributed by atoms with Gasteiger partial charge in [0.1, 0.15) is 13.2 Å². The number of hydrogen-bond acceptors (Lipinski definition) is 6. The van der Waals surface area contributed by atoms with E-state index < -0.39 is 6.10 Å². The van der Waals surface area contributed by atoms with E-state index in [-0.39, 0.29) is 31.1 Å². The van der Waals surface area contributed by atoms with Crippen LogP contribution in [0.15, 0.2) is 85.1 Å². The molecule has 0 aromatic carbocycles. The monoisotopic (exact) mass is 1130 g/mol. The summed E-state index contributed by atoms with van der Waals surface area (Å²) in [6.07, 6.45) is 92.3. The summed E-state index contributed by atoms with van der Waals surface area (Å²) in [6.45, 7) is 6.49. The Morgan fingerprint density at radius 1 is 0.259 bits per heavy atom. The number of carbonyl (C=O) groups is 3. The molecule has 0 aromatic rings. The topological polar surface area (TPSA) is 78.9 Å². The summed E-state index contributed by atoms with van der Waals surface area (Å²) >= 11 is 0. The van der Waals surface area contributed by atoms with E-state index >= 15 is 0 Å². The molecule has 0 fully saturated rings. The van der Waals surface area contributed by atoms with E-state index in [1.165, 1.54) is 193 Å². The van der Waals surface area contributed by atoms with Gasteiger partial charge in [0, 0.05) is 19.3 Å². The lowest BCUT2D eigenvalue weighted by atomic mass is 10.0. The number of unbranched alkanes of at least 4 members (excludes halogenated alkanes) is 39. The van der Waals surface area contributed by atoms with Crippen molar-refractivity contribution in [3.05, 3.63) is 85.1 Å². The van der Waals surface area contributed by atoms with Gasteiger partial charge < -0.3 is 14.2 Å². The van der Waals surface area contributed by atoms with Crippen LogP contribution in [0.4, 0.5) is 0 Å². The zero-order valence-corrected chi connectivity index (χ0v) is 53.8. The number of esters is 3. The van der Waals surface area contributed by atoms with Gasteiger partial charge >= 0.3 is 17.9 Å². The van der Waals surface area contributed by atoms with Crippen molar-refractivity contribution in [1.29, 1.82) is 0 Å². The third-order valence-corrected chi connectivity index (χ3v) is 15.4. The minimum absolute atomic E-state index is 0.0813. The first-order chi connectivity index (χ1) is 40.0. The van der Waals surface area contributed by atoms with Crippen LogP contribution in [0.5, 0.6) is 0 Å². The van der Waals surface area contributed by atoms with Gasteiger partial charge in [0.25, 0.3) is 0 Å². The standard InChI is InChI=1S/C75H132O6/c1-4-7-10-13-16-18-20-22-24-26-28-30-32-34-36-37-38-40-41-43-45-47-49-51-53-55-57-59-62-65-68-74(77)80-71-72(70-79-73(76)67-64-61-15-12-9-6-3)81-75(78)69-66-63-60-58-56-54-52-50-48-46-44-42-39-35-33-31-29-27-25-23-21-19-17-14-11-8-5-2/h8,11,17,19,23,25,29,31,35,39,44,46,50,52,72H,4-7,9-10,12-16,18,20-22,24,26-28,30,32-34,36-38,40-43,45,47-49,51,53-71H2,1-3H3/b11-8-,19-17-,25-23-,31-29-,39-35-,46-44-,52-50-. The second-order valence-electron chi connectivity index (χ2n) is 23.4. The summed E-state index contributed by atoms with van der Waals surface area (Å²) in [5.74, 6) is -0.896. The molecule has 0 saturated carbocycles. The molecule has 81 heavy (non-hydrogen) atoms. The molecule has 0 aliphatic rings. The molecule has 0 heterocycles. The van der Waals surface area contributed by atoms with Crippen LogP contribution in [-0.4, -0.2) is 37.2 Å². The molecule has 0 saturated heterocycles. The Morgan fingerprint density at radius 2 is 0.481 bits per heavy atom. The third-order valence-electron chi connectivity index (χ3n) is 15.4. The van der Waals surface area contributed by atoms with Crippen LogP contribution in [0, 0.1) is 0 Å². The van der Waals surface area contributed by atoms with E-state index in [0.29, 0.717) is 19.3 Å². The van der Waals surface area contributed by atoms with Gasteiger partial charge in [-0.05, 0) is 77.0 Å². The Hall–Kier alpha value is -3.41. The summed E-state index contributed by atoms with van der Waals surface area (Å²) in [7, 11) is 0. The van der Waals surface area contributed by atoms with Gasteiger partial charge in [-0.2, -0.15) is 0 Å². The second kappa shape index (κ2) is 69.1. The quantitative estimate of drug-likeness (QED) is 0.0261. The highest BCUT2D eigenvalue weighted by molar-refractivity contribution is 5.71. The fourth-order valence-corrected chi connectivity index (χ4v) is 10.2. The van der Waals surface area contributed by atoms with Gasteiger partial charge in [0.15, 0.2) is 6.10 Å². The smallest absolute Gasteiger partial charge is 0.306 e. The number of carbonyl (C=O) groups excluding carboxylic acids is 3. The Labute approximate surface area is 503 Å². The second-order valence-corrected chi connectivity index (χ2v) is 23.4. The van der Waals surface area contributed by atoms with Crippen molar-refractivity contribution in [2.45, 2.75) is 361 Å². The average Bonchev–Trinajstić information content (AvgIpc) is 3.47. The van der Waals surface area contributed by atoms with Crippen LogP contribution in [0.1, 0.15) is 355 Å². The predicted molar refractivity (Wildman–Crippen MR) is 353 cm³/mol. The summed E-state index contributed by atoms with van der Waals surface area (Å²) in [6, 6.07) is 0. The van der Waals surface area contributed by atoms with Crippen LogP contribution < -0.4 is 0 Å². The SMILES string of the molecule is CC/C=C\C/C=C\C/C=C\C/C=C\C/C=C\C/C=C\C/C=C\CCCCCCCC(=O)OC(COC(=O)CCCCCCCC)COC(=O)CCCCCCCCCCCCCCCCCCCCCCCCCCCCCCCC. The minimum Gasteiger partial charge on any atom is -0.462 e. The van der Waals surface area contributed by atoms with E-state index in [4.69, 9.17) is 14.2 Å². The lowest BCUT2D eigenvalue weighted by molar-refractivity contribution is -0.167. The molecular weight excluding hydrogens is 997 g/mol. The highest BCUT2D eigenvalue weighted by Crippen LogP contribution is 2.18. The van der Waals surface area contributed by atoms with Crippen molar-refractivity contribution in [2.24, 2.45) is 0 Å². The predicted octanol–water partition coefficient (Wildman–Crippen LogP) is 24.2. The molecule has 0 radical (unpaired) electrons. The van der Waals surface area contributed by atoms with Gasteiger partial charge in [-0.25, -0.2) is 0 Å². The molecule has 468 valence electrons. The molecule has 0 aliphatic heterocycles. The van der Waals surface area contributed by atoms with Crippen molar-refractivity contribution in [1.82, 2.24) is 0 Å². The molecule has 0 spiro atoms. The van der Waals surface area contributed by atoms with Crippen molar-refractivity contribution in [2.75, 3.05) is 13.2 Å². The van der Waals surface area contributed by atoms with Gasteiger partial charge in [-0.1, -0.05) is 343 Å². The molecule has 1 unspecified atom stereocenters. The van der Waals surface area contributed by atoms with Gasteiger partial charge in [0.05, 0.1) is 0 Å². The van der Waals surface area contributed by atoms with Gasteiger partial charge in [0.2, 0.25) is 0 Å². The average molecular weight is 1130 g/mol. The minimum atomic E-state index is -0.784. The molecule has 0 aromatic heterocycles. The maximum atomic E-state index is 12.9. The van der Waals surface area contributed by atoms with E-state index in [1.54, 1.807) is 0 Å². The Morgan fingerprint density at radius 3 is 0.753 bits per heavy atom. The first-order valence-corrected chi connectivity index (χ1v) is 35.1. The molecule has 6 nitrogen and oxygen atoms in total. The first-order valence-electron chi connectivity index (χ1n) is 35.1. The molecule has 0 aliphatic carbocycles. The van der Waals surface area contributed by atoms with Crippen LogP contribution in [-0.2, 0) is 28.6 Å². The van der Waals surface area contributed by atoms with Crippen molar-refractivity contribution >= 4 is 17.9 Å². The Bertz CT molecular complexity index is 1530. The maximum Gasteiger partial charge on any atom is 0.306 e. The summed E-state index contributed by atoms with van der Waals surface area (Å²) in [4.78, 5) is 38.1. The summed E-state index contributed by atoms with van der Waals surface area (Å²) < 4.78 is 16.8. The molecular formula is C75H132O6. The molecule has 0 bridgehead atoms. The number of allylic oxidation sites excluding steroid dienone is 14. The van der Waals surface area contributed by atoms with Crippen molar-refractivity contribution < 1.29 is 28.6 Å². The zero-order chi connectivity index (χ0) is 58.5. The normalized spacial score (nSPS) is 12.6. The lowest BCUT2D eigenvalue weighted by Crippen LogP contribution is -2.30. The zero-order valence-electron chi connectivity index (χ0n) is 53.8.